The van der Waals surface area contributed by atoms with E-state index in [0.717, 1.165) is 26.7 Å². The Labute approximate surface area is 175 Å². The maximum Gasteiger partial charge on any atom is 0.293 e. The SMILES string of the molecule is COc1ccc(C=C2SC(=O)N(CCNC(=O)c3cccc(Br)c3)C2=O)cc1. The smallest absolute Gasteiger partial charge is 0.293 e. The highest BCUT2D eigenvalue weighted by atomic mass is 79.9. The number of carbonyl (C=O) groups is 3. The Bertz CT molecular complexity index is 943. The molecule has 1 saturated heterocycles. The summed E-state index contributed by atoms with van der Waals surface area (Å²) >= 11 is 4.21. The topological polar surface area (TPSA) is 75.7 Å². The fraction of sp³-hybridized carbons (Fsp3) is 0.150. The van der Waals surface area contributed by atoms with Crippen molar-refractivity contribution in [2.24, 2.45) is 0 Å². The summed E-state index contributed by atoms with van der Waals surface area (Å²) in [5.41, 5.74) is 1.30. The average molecular weight is 461 g/mol. The molecule has 6 nitrogen and oxygen atoms in total. The van der Waals surface area contributed by atoms with E-state index in [1.165, 1.54) is 0 Å². The lowest BCUT2D eigenvalue weighted by molar-refractivity contribution is -0.122. The first-order valence-electron chi connectivity index (χ1n) is 8.41. The van der Waals surface area contributed by atoms with Crippen molar-refractivity contribution in [3.05, 3.63) is 69.0 Å². The van der Waals surface area contributed by atoms with Gasteiger partial charge in [0.2, 0.25) is 0 Å². The van der Waals surface area contributed by atoms with Gasteiger partial charge < -0.3 is 10.1 Å². The number of hydrogen-bond acceptors (Lipinski definition) is 5. The number of thioether (sulfide) groups is 1. The standard InChI is InChI=1S/C20H17BrN2O4S/c1-27-16-7-5-13(6-8-16)11-17-19(25)23(20(26)28-17)10-9-22-18(24)14-3-2-4-15(21)12-14/h2-8,11-12H,9-10H2,1H3,(H,22,24). The number of hydrogen-bond donors (Lipinski definition) is 1. The normalized spacial score (nSPS) is 15.2. The molecule has 0 unspecified atom stereocenters. The molecule has 28 heavy (non-hydrogen) atoms. The summed E-state index contributed by atoms with van der Waals surface area (Å²) < 4.78 is 5.90. The molecule has 0 spiro atoms. The third kappa shape index (κ3) is 4.82. The molecule has 1 aliphatic heterocycles. The average Bonchev–Trinajstić information content (AvgIpc) is 2.95. The molecule has 3 amide bonds. The van der Waals surface area contributed by atoms with Crippen LogP contribution in [0.3, 0.4) is 0 Å². The zero-order valence-corrected chi connectivity index (χ0v) is 17.4. The third-order valence-corrected chi connectivity index (χ3v) is 5.40. The van der Waals surface area contributed by atoms with Crippen molar-refractivity contribution < 1.29 is 19.1 Å². The second-order valence-electron chi connectivity index (χ2n) is 5.87. The highest BCUT2D eigenvalue weighted by Crippen LogP contribution is 2.32. The van der Waals surface area contributed by atoms with Gasteiger partial charge in [-0.2, -0.15) is 0 Å². The molecule has 8 heteroatoms. The number of benzene rings is 2. The molecular weight excluding hydrogens is 444 g/mol. The van der Waals surface area contributed by atoms with Crippen molar-refractivity contribution in [1.29, 1.82) is 0 Å². The van der Waals surface area contributed by atoms with Crippen molar-refractivity contribution in [1.82, 2.24) is 10.2 Å². The molecular formula is C20H17BrN2O4S. The van der Waals surface area contributed by atoms with Gasteiger partial charge in [0, 0.05) is 23.1 Å². The number of nitrogens with zero attached hydrogens (tertiary/aromatic N) is 1. The Kier molecular flexibility index (Phi) is 6.53. The Morgan fingerprint density at radius 1 is 1.21 bits per heavy atom. The van der Waals surface area contributed by atoms with E-state index in [0.29, 0.717) is 16.2 Å². The van der Waals surface area contributed by atoms with E-state index >= 15 is 0 Å². The molecule has 2 aromatic carbocycles. The minimum atomic E-state index is -0.359. The lowest BCUT2D eigenvalue weighted by atomic mass is 10.2. The number of methoxy groups -OCH3 is 1. The van der Waals surface area contributed by atoms with Gasteiger partial charge in [0.15, 0.2) is 0 Å². The van der Waals surface area contributed by atoms with Gasteiger partial charge in [0.25, 0.3) is 17.1 Å². The maximum atomic E-state index is 12.5. The van der Waals surface area contributed by atoms with E-state index in [9.17, 15) is 14.4 Å². The molecule has 0 bridgehead atoms. The molecule has 1 heterocycles. The van der Waals surface area contributed by atoms with Crippen molar-refractivity contribution in [2.45, 2.75) is 0 Å². The molecule has 1 aliphatic rings. The first kappa shape index (κ1) is 20.2. The number of halogens is 1. The van der Waals surface area contributed by atoms with Crippen molar-refractivity contribution in [3.8, 4) is 5.75 Å². The third-order valence-electron chi connectivity index (χ3n) is 3.99. The molecule has 0 aromatic heterocycles. The number of imide groups is 1. The predicted octanol–water partition coefficient (Wildman–Crippen LogP) is 3.92. The second kappa shape index (κ2) is 9.07. The van der Waals surface area contributed by atoms with Crippen LogP contribution in [0.15, 0.2) is 57.9 Å². The van der Waals surface area contributed by atoms with E-state index in [1.807, 2.05) is 18.2 Å². The molecule has 1 N–H and O–H groups in total. The van der Waals surface area contributed by atoms with Crippen molar-refractivity contribution in [2.75, 3.05) is 20.2 Å². The molecule has 2 aromatic rings. The van der Waals surface area contributed by atoms with Crippen LogP contribution in [0.2, 0.25) is 0 Å². The molecule has 0 atom stereocenters. The number of carbonyl (C=O) groups excluding carboxylic acids is 3. The van der Waals surface area contributed by atoms with Crippen molar-refractivity contribution in [3.63, 3.8) is 0 Å². The van der Waals surface area contributed by atoms with Crippen molar-refractivity contribution >= 4 is 50.8 Å². The Balaban J connectivity index is 1.59. The van der Waals surface area contributed by atoms with Gasteiger partial charge in [-0.05, 0) is 53.7 Å². The van der Waals surface area contributed by atoms with Gasteiger partial charge in [-0.3, -0.25) is 19.3 Å². The van der Waals surface area contributed by atoms with E-state index in [2.05, 4.69) is 21.2 Å². The van der Waals surface area contributed by atoms with Crippen LogP contribution in [0.1, 0.15) is 15.9 Å². The number of ether oxygens (including phenoxy) is 1. The molecule has 0 saturated carbocycles. The fourth-order valence-electron chi connectivity index (χ4n) is 2.56. The summed E-state index contributed by atoms with van der Waals surface area (Å²) in [6, 6.07) is 14.2. The van der Waals surface area contributed by atoms with Crippen LogP contribution in [0.25, 0.3) is 6.08 Å². The summed E-state index contributed by atoms with van der Waals surface area (Å²) in [5.74, 6) is 0.0935. The Morgan fingerprint density at radius 3 is 2.64 bits per heavy atom. The maximum absolute atomic E-state index is 12.5. The quantitative estimate of drug-likeness (QED) is 0.660. The minimum absolute atomic E-state index is 0.115. The zero-order valence-electron chi connectivity index (χ0n) is 15.0. The summed E-state index contributed by atoms with van der Waals surface area (Å²) in [5, 5.41) is 2.38. The summed E-state index contributed by atoms with van der Waals surface area (Å²) in [6.07, 6.45) is 1.67. The molecule has 144 valence electrons. The van der Waals surface area contributed by atoms with Gasteiger partial charge in [-0.1, -0.05) is 34.1 Å². The van der Waals surface area contributed by atoms with Crippen LogP contribution in [-0.4, -0.2) is 42.2 Å². The summed E-state index contributed by atoms with van der Waals surface area (Å²) in [7, 11) is 1.58. The summed E-state index contributed by atoms with van der Waals surface area (Å²) in [6.45, 7) is 0.295. The fourth-order valence-corrected chi connectivity index (χ4v) is 3.82. The van der Waals surface area contributed by atoms with Gasteiger partial charge in [0.1, 0.15) is 5.75 Å². The van der Waals surface area contributed by atoms with Crippen LogP contribution < -0.4 is 10.1 Å². The van der Waals surface area contributed by atoms with Crippen LogP contribution in [0.5, 0.6) is 5.75 Å². The first-order chi connectivity index (χ1) is 13.5. The lowest BCUT2D eigenvalue weighted by Gasteiger charge is -2.13. The monoisotopic (exact) mass is 460 g/mol. The molecule has 1 fully saturated rings. The van der Waals surface area contributed by atoms with E-state index in [4.69, 9.17) is 4.74 Å². The van der Waals surface area contributed by atoms with E-state index in [-0.39, 0.29) is 30.1 Å². The highest BCUT2D eigenvalue weighted by Gasteiger charge is 2.34. The lowest BCUT2D eigenvalue weighted by Crippen LogP contribution is -2.37. The van der Waals surface area contributed by atoms with Gasteiger partial charge >= 0.3 is 0 Å². The van der Waals surface area contributed by atoms with E-state index < -0.39 is 0 Å². The first-order valence-corrected chi connectivity index (χ1v) is 10.0. The predicted molar refractivity (Wildman–Crippen MR) is 112 cm³/mol. The number of rotatable bonds is 6. The zero-order chi connectivity index (χ0) is 20.1. The Morgan fingerprint density at radius 2 is 1.96 bits per heavy atom. The molecule has 0 radical (unpaired) electrons. The minimum Gasteiger partial charge on any atom is -0.497 e. The molecule has 3 rings (SSSR count). The van der Waals surface area contributed by atoms with Gasteiger partial charge in [-0.25, -0.2) is 0 Å². The highest BCUT2D eigenvalue weighted by molar-refractivity contribution is 9.10. The largest absolute Gasteiger partial charge is 0.497 e. The van der Waals surface area contributed by atoms with Crippen LogP contribution in [0, 0.1) is 0 Å². The number of nitrogens with one attached hydrogen (secondary N) is 1. The molecule has 0 aliphatic carbocycles. The van der Waals surface area contributed by atoms with Crippen LogP contribution in [0.4, 0.5) is 4.79 Å². The number of amides is 3. The van der Waals surface area contributed by atoms with Crippen LogP contribution >= 0.6 is 27.7 Å². The van der Waals surface area contributed by atoms with Gasteiger partial charge in [0.05, 0.1) is 12.0 Å². The van der Waals surface area contributed by atoms with Crippen LogP contribution in [-0.2, 0) is 4.79 Å². The second-order valence-corrected chi connectivity index (χ2v) is 7.78. The summed E-state index contributed by atoms with van der Waals surface area (Å²) in [4.78, 5) is 38.3. The van der Waals surface area contributed by atoms with Gasteiger partial charge in [-0.15, -0.1) is 0 Å². The Hall–Kier alpha value is -2.58. The van der Waals surface area contributed by atoms with E-state index in [1.54, 1.807) is 43.5 Å².